The number of amides is 1. The van der Waals surface area contributed by atoms with E-state index in [1.54, 1.807) is 5.01 Å². The molecule has 3 heterocycles. The maximum Gasteiger partial charge on any atom is 0.335 e. The van der Waals surface area contributed by atoms with Gasteiger partial charge in [-0.25, -0.2) is 14.6 Å². The van der Waals surface area contributed by atoms with Crippen LogP contribution in [0.2, 0.25) is 0 Å². The second-order valence-corrected chi connectivity index (χ2v) is 8.62. The fourth-order valence-corrected chi connectivity index (χ4v) is 4.42. The number of nitrogens with zero attached hydrogens (tertiary/aromatic N) is 2. The minimum absolute atomic E-state index is 0.169. The molecule has 1 aromatic rings. The number of hydrogen-bond acceptors (Lipinski definition) is 10. The number of hydrazine groups is 1. The van der Waals surface area contributed by atoms with E-state index >= 15 is 0 Å². The molecule has 5 unspecified atom stereocenters. The lowest BCUT2D eigenvalue weighted by Crippen LogP contribution is -2.61. The van der Waals surface area contributed by atoms with Crippen molar-refractivity contribution in [2.75, 3.05) is 13.1 Å². The number of carbonyl (C=O) groups is 2. The Morgan fingerprint density at radius 2 is 2.06 bits per heavy atom. The highest BCUT2D eigenvalue weighted by molar-refractivity contribution is 8.18. The van der Waals surface area contributed by atoms with Gasteiger partial charge in [0.25, 0.3) is 5.91 Å². The van der Waals surface area contributed by atoms with E-state index in [4.69, 9.17) is 9.47 Å². The maximum absolute atomic E-state index is 13.9. The van der Waals surface area contributed by atoms with Crippen molar-refractivity contribution in [3.63, 3.8) is 0 Å². The van der Waals surface area contributed by atoms with Crippen LogP contribution >= 0.6 is 11.8 Å². The van der Waals surface area contributed by atoms with Crippen molar-refractivity contribution in [1.82, 2.24) is 10.4 Å². The van der Waals surface area contributed by atoms with E-state index in [0.29, 0.717) is 11.7 Å². The van der Waals surface area contributed by atoms with Gasteiger partial charge in [0.15, 0.2) is 11.3 Å². The predicted molar refractivity (Wildman–Crippen MR) is 113 cm³/mol. The quantitative estimate of drug-likeness (QED) is 0.357. The van der Waals surface area contributed by atoms with Crippen molar-refractivity contribution in [3.05, 3.63) is 34.5 Å². The van der Waals surface area contributed by atoms with E-state index in [2.05, 4.69) is 10.4 Å². The van der Waals surface area contributed by atoms with Gasteiger partial charge in [-0.15, -0.1) is 0 Å². The summed E-state index contributed by atoms with van der Waals surface area (Å²) in [5.41, 5.74) is 3.39. The number of carbonyl (C=O) groups excluding carboxylic acids is 1. The average molecular weight is 483 g/mol. The number of aliphatic carboxylic acids is 1. The fraction of sp³-hybridized carbons (Fsp3) is 0.450. The first kappa shape index (κ1) is 23.6. The Morgan fingerprint density at radius 3 is 2.76 bits per heavy atom. The molecular weight excluding hydrogens is 461 g/mol. The fourth-order valence-electron chi connectivity index (χ4n) is 3.51. The van der Waals surface area contributed by atoms with Gasteiger partial charge >= 0.3 is 5.97 Å². The minimum atomic E-state index is -1.89. The Morgan fingerprint density at radius 1 is 1.27 bits per heavy atom. The summed E-state index contributed by atoms with van der Waals surface area (Å²) >= 11 is 1.13. The molecule has 0 aromatic heterocycles. The van der Waals surface area contributed by atoms with Crippen LogP contribution in [0, 0.1) is 5.82 Å². The van der Waals surface area contributed by atoms with Gasteiger partial charge in [0.2, 0.25) is 6.29 Å². The SMILES string of the molecule is O=C1N=C(N2CCCCN2)SC1=Cc1ccc(F)cc1OC1OC(C(=O)O)C(O)C(O)C1O. The van der Waals surface area contributed by atoms with Gasteiger partial charge in [-0.2, -0.15) is 4.99 Å². The van der Waals surface area contributed by atoms with E-state index in [1.165, 1.54) is 12.1 Å². The van der Waals surface area contributed by atoms with Gasteiger partial charge in [-0.3, -0.25) is 9.80 Å². The lowest BCUT2D eigenvalue weighted by atomic mass is 9.99. The minimum Gasteiger partial charge on any atom is -0.479 e. The number of aliphatic hydroxyl groups excluding tert-OH is 3. The molecule has 0 radical (unpaired) electrons. The first-order chi connectivity index (χ1) is 15.7. The molecule has 2 fully saturated rings. The molecule has 33 heavy (non-hydrogen) atoms. The summed E-state index contributed by atoms with van der Waals surface area (Å²) in [6.45, 7) is 1.47. The summed E-state index contributed by atoms with van der Waals surface area (Å²) in [5.74, 6) is -2.94. The van der Waals surface area contributed by atoms with Crippen LogP contribution in [0.5, 0.6) is 5.75 Å². The summed E-state index contributed by atoms with van der Waals surface area (Å²) in [6.07, 6.45) is -5.77. The Bertz CT molecular complexity index is 1000. The molecule has 2 saturated heterocycles. The molecule has 1 amide bonds. The van der Waals surface area contributed by atoms with Crippen molar-refractivity contribution in [2.24, 2.45) is 4.99 Å². The highest BCUT2D eigenvalue weighted by Crippen LogP contribution is 2.34. The second kappa shape index (κ2) is 9.75. The molecule has 3 aliphatic heterocycles. The standard InChI is InChI=1S/C20H22FN3O8S/c21-10-4-3-9(7-12-17(28)23-20(33-12)24-6-2-1-5-22-24)11(8-10)31-19-15(27)13(25)14(26)16(32-19)18(29)30/h3-4,7-8,13-16,19,22,25-27H,1-2,5-6H2,(H,29,30). The van der Waals surface area contributed by atoms with Crippen LogP contribution in [0.15, 0.2) is 28.1 Å². The Kier molecular flexibility index (Phi) is 6.97. The van der Waals surface area contributed by atoms with Crippen molar-refractivity contribution in [2.45, 2.75) is 43.5 Å². The van der Waals surface area contributed by atoms with Crippen LogP contribution in [-0.2, 0) is 14.3 Å². The van der Waals surface area contributed by atoms with Gasteiger partial charge in [0.1, 0.15) is 29.9 Å². The molecule has 0 aliphatic carbocycles. The number of amidine groups is 1. The molecule has 178 valence electrons. The second-order valence-electron chi connectivity index (χ2n) is 7.61. The normalized spacial score (nSPS) is 31.6. The number of halogens is 1. The number of thioether (sulfide) groups is 1. The van der Waals surface area contributed by atoms with Gasteiger partial charge in [-0.1, -0.05) is 0 Å². The third-order valence-corrected chi connectivity index (χ3v) is 6.28. The third kappa shape index (κ3) is 5.03. The van der Waals surface area contributed by atoms with Crippen molar-refractivity contribution in [3.8, 4) is 5.75 Å². The van der Waals surface area contributed by atoms with E-state index in [1.807, 2.05) is 0 Å². The molecule has 0 spiro atoms. The first-order valence-corrected chi connectivity index (χ1v) is 11.0. The molecule has 5 atom stereocenters. The summed E-state index contributed by atoms with van der Waals surface area (Å²) < 4.78 is 24.5. The van der Waals surface area contributed by atoms with Crippen LogP contribution in [0.25, 0.3) is 6.08 Å². The number of nitrogens with one attached hydrogen (secondary N) is 1. The van der Waals surface area contributed by atoms with Crippen LogP contribution in [0.4, 0.5) is 4.39 Å². The van der Waals surface area contributed by atoms with Crippen molar-refractivity contribution in [1.29, 1.82) is 0 Å². The predicted octanol–water partition coefficient (Wildman–Crippen LogP) is -0.333. The van der Waals surface area contributed by atoms with E-state index in [-0.39, 0.29) is 16.2 Å². The van der Waals surface area contributed by atoms with Crippen molar-refractivity contribution >= 4 is 34.9 Å². The van der Waals surface area contributed by atoms with E-state index < -0.39 is 48.4 Å². The lowest BCUT2D eigenvalue weighted by molar-refractivity contribution is -0.271. The summed E-state index contributed by atoms with van der Waals surface area (Å²) in [6, 6.07) is 3.43. The molecule has 5 N–H and O–H groups in total. The molecule has 0 saturated carbocycles. The topological polar surface area (TPSA) is 161 Å². The summed E-state index contributed by atoms with van der Waals surface area (Å²) in [7, 11) is 0. The highest BCUT2D eigenvalue weighted by atomic mass is 32.2. The number of benzene rings is 1. The van der Waals surface area contributed by atoms with Crippen LogP contribution in [0.3, 0.4) is 0 Å². The van der Waals surface area contributed by atoms with Crippen molar-refractivity contribution < 1.29 is 43.9 Å². The third-order valence-electron chi connectivity index (χ3n) is 5.27. The molecule has 1 aromatic carbocycles. The number of carboxylic acid groups (broad SMARTS) is 1. The van der Waals surface area contributed by atoms with E-state index in [9.17, 15) is 34.4 Å². The van der Waals surface area contributed by atoms with Gasteiger partial charge in [-0.05, 0) is 42.8 Å². The van der Waals surface area contributed by atoms with Gasteiger partial charge in [0.05, 0.1) is 4.91 Å². The number of rotatable bonds is 4. The average Bonchev–Trinajstić information content (AvgIpc) is 3.16. The molecule has 4 rings (SSSR count). The van der Waals surface area contributed by atoms with E-state index in [0.717, 1.165) is 43.3 Å². The number of hydrogen-bond donors (Lipinski definition) is 5. The van der Waals surface area contributed by atoms with Crippen LogP contribution in [0.1, 0.15) is 18.4 Å². The van der Waals surface area contributed by atoms with Gasteiger partial charge in [0, 0.05) is 24.7 Å². The zero-order valence-corrected chi connectivity index (χ0v) is 17.9. The van der Waals surface area contributed by atoms with Gasteiger partial charge < -0.3 is 29.9 Å². The summed E-state index contributed by atoms with van der Waals surface area (Å²) in [5, 5.41) is 41.4. The summed E-state index contributed by atoms with van der Waals surface area (Å²) in [4.78, 5) is 28.0. The number of aliphatic imine (C=N–C) groups is 1. The molecule has 0 bridgehead atoms. The number of carboxylic acids is 1. The zero-order chi connectivity index (χ0) is 23.7. The Labute approximate surface area is 191 Å². The largest absolute Gasteiger partial charge is 0.479 e. The highest BCUT2D eigenvalue weighted by Gasteiger charge is 2.48. The van der Waals surface area contributed by atoms with Crippen LogP contribution < -0.4 is 10.2 Å². The monoisotopic (exact) mass is 483 g/mol. The Hall–Kier alpha value is -2.55. The Balaban J connectivity index is 1.56. The smallest absolute Gasteiger partial charge is 0.335 e. The van der Waals surface area contributed by atoms with Crippen LogP contribution in [-0.4, -0.2) is 86.3 Å². The maximum atomic E-state index is 13.9. The number of ether oxygens (including phenoxy) is 2. The lowest BCUT2D eigenvalue weighted by Gasteiger charge is -2.38. The molecular formula is C20H22FN3O8S. The zero-order valence-electron chi connectivity index (χ0n) is 17.1. The molecule has 11 nitrogen and oxygen atoms in total. The first-order valence-electron chi connectivity index (χ1n) is 10.2. The molecule has 13 heteroatoms. The molecule has 3 aliphatic rings. The number of aliphatic hydroxyl groups is 3.